The van der Waals surface area contributed by atoms with E-state index in [1.54, 1.807) is 12.1 Å². The van der Waals surface area contributed by atoms with Crippen molar-refractivity contribution in [3.05, 3.63) is 59.9 Å². The van der Waals surface area contributed by atoms with E-state index in [-0.39, 0.29) is 11.4 Å². The predicted octanol–water partition coefficient (Wildman–Crippen LogP) is 4.35. The maximum absolute atomic E-state index is 13.0. The molecule has 0 spiro atoms. The van der Waals surface area contributed by atoms with Crippen molar-refractivity contribution in [2.45, 2.75) is 31.2 Å². The van der Waals surface area contributed by atoms with Crippen LogP contribution in [0.5, 0.6) is 0 Å². The second-order valence-electron chi connectivity index (χ2n) is 6.04. The van der Waals surface area contributed by atoms with E-state index in [9.17, 15) is 9.18 Å². The summed E-state index contributed by atoms with van der Waals surface area (Å²) in [6, 6.07) is 14.8. The summed E-state index contributed by atoms with van der Waals surface area (Å²) < 4.78 is 13.0. The van der Waals surface area contributed by atoms with Crippen molar-refractivity contribution >= 4 is 6.41 Å². The molecule has 0 saturated heterocycles. The first-order valence-corrected chi connectivity index (χ1v) is 7.70. The quantitative estimate of drug-likeness (QED) is 0.768. The first-order chi connectivity index (χ1) is 10.7. The molecule has 2 aromatic rings. The summed E-state index contributed by atoms with van der Waals surface area (Å²) >= 11 is 0. The molecule has 2 nitrogen and oxygen atoms in total. The average molecular weight is 297 g/mol. The molecule has 22 heavy (non-hydrogen) atoms. The van der Waals surface area contributed by atoms with Gasteiger partial charge in [-0.2, -0.15) is 0 Å². The molecule has 0 N–H and O–H groups in total. The number of carbonyl (C=O) groups is 1. The van der Waals surface area contributed by atoms with Crippen LogP contribution in [0.2, 0.25) is 0 Å². The van der Waals surface area contributed by atoms with Gasteiger partial charge < -0.3 is 4.90 Å². The monoisotopic (exact) mass is 297 g/mol. The molecule has 1 aliphatic rings. The van der Waals surface area contributed by atoms with Gasteiger partial charge in [0.25, 0.3) is 0 Å². The molecule has 3 heteroatoms. The fraction of sp³-hybridized carbons (Fsp3) is 0.316. The van der Waals surface area contributed by atoms with Gasteiger partial charge in [0.15, 0.2) is 0 Å². The van der Waals surface area contributed by atoms with Crippen LogP contribution in [-0.2, 0) is 10.3 Å². The second-order valence-corrected chi connectivity index (χ2v) is 6.04. The summed E-state index contributed by atoms with van der Waals surface area (Å²) in [5, 5.41) is 0. The van der Waals surface area contributed by atoms with Gasteiger partial charge in [-0.1, -0.05) is 49.2 Å². The van der Waals surface area contributed by atoms with Crippen LogP contribution >= 0.6 is 0 Å². The van der Waals surface area contributed by atoms with Gasteiger partial charge in [0.2, 0.25) is 6.41 Å². The average Bonchev–Trinajstić information content (AvgIpc) is 3.06. The summed E-state index contributed by atoms with van der Waals surface area (Å²) in [6.07, 6.45) is 5.26. The Morgan fingerprint density at radius 3 is 1.95 bits per heavy atom. The molecule has 3 rings (SSSR count). The van der Waals surface area contributed by atoms with Crippen molar-refractivity contribution in [3.8, 4) is 11.1 Å². The van der Waals surface area contributed by atoms with E-state index >= 15 is 0 Å². The topological polar surface area (TPSA) is 20.3 Å². The third-order valence-electron chi connectivity index (χ3n) is 4.86. The van der Waals surface area contributed by atoms with Crippen LogP contribution in [0.1, 0.15) is 31.2 Å². The lowest BCUT2D eigenvalue weighted by molar-refractivity contribution is -0.122. The van der Waals surface area contributed by atoms with Crippen LogP contribution in [-0.4, -0.2) is 18.4 Å². The summed E-state index contributed by atoms with van der Waals surface area (Å²) in [5.74, 6) is -0.224. The van der Waals surface area contributed by atoms with Crippen molar-refractivity contribution in [3.63, 3.8) is 0 Å². The van der Waals surface area contributed by atoms with E-state index in [0.29, 0.717) is 0 Å². The molecule has 1 saturated carbocycles. The number of halogens is 1. The smallest absolute Gasteiger partial charge is 0.210 e. The molecule has 1 fully saturated rings. The number of amides is 1. The SMILES string of the molecule is CN(C=O)C1(c2ccc(-c3ccc(F)cc3)cc2)CCCC1. The van der Waals surface area contributed by atoms with Crippen LogP contribution in [0.25, 0.3) is 11.1 Å². The van der Waals surface area contributed by atoms with Crippen molar-refractivity contribution in [1.29, 1.82) is 0 Å². The highest BCUT2D eigenvalue weighted by Gasteiger charge is 2.38. The highest BCUT2D eigenvalue weighted by molar-refractivity contribution is 5.64. The molecule has 114 valence electrons. The van der Waals surface area contributed by atoms with E-state index in [1.807, 2.05) is 11.9 Å². The molecule has 0 aromatic heterocycles. The summed E-state index contributed by atoms with van der Waals surface area (Å²) in [4.78, 5) is 13.1. The van der Waals surface area contributed by atoms with E-state index in [4.69, 9.17) is 0 Å². The lowest BCUT2D eigenvalue weighted by Crippen LogP contribution is -2.40. The Morgan fingerprint density at radius 1 is 0.955 bits per heavy atom. The van der Waals surface area contributed by atoms with Gasteiger partial charge in [-0.15, -0.1) is 0 Å². The van der Waals surface area contributed by atoms with E-state index < -0.39 is 0 Å². The molecule has 0 aliphatic heterocycles. The molecule has 1 amide bonds. The van der Waals surface area contributed by atoms with Gasteiger partial charge in [-0.25, -0.2) is 4.39 Å². The summed E-state index contributed by atoms with van der Waals surface area (Å²) in [6.45, 7) is 0. The van der Waals surface area contributed by atoms with Crippen molar-refractivity contribution in [2.75, 3.05) is 7.05 Å². The van der Waals surface area contributed by atoms with Crippen molar-refractivity contribution in [2.24, 2.45) is 0 Å². The van der Waals surface area contributed by atoms with Crippen LogP contribution in [0.3, 0.4) is 0 Å². The number of nitrogens with zero attached hydrogens (tertiary/aromatic N) is 1. The number of carbonyl (C=O) groups excluding carboxylic acids is 1. The van der Waals surface area contributed by atoms with Gasteiger partial charge in [-0.05, 0) is 41.7 Å². The normalized spacial score (nSPS) is 16.5. The largest absolute Gasteiger partial charge is 0.339 e. The maximum atomic E-state index is 13.0. The molecular formula is C19H20FNO. The Labute approximate surface area is 130 Å². The molecule has 1 aliphatic carbocycles. The predicted molar refractivity (Wildman–Crippen MR) is 85.8 cm³/mol. The van der Waals surface area contributed by atoms with Gasteiger partial charge in [0.05, 0.1) is 5.54 Å². The fourth-order valence-electron chi connectivity index (χ4n) is 3.52. The molecule has 0 radical (unpaired) electrons. The van der Waals surface area contributed by atoms with Crippen LogP contribution in [0.4, 0.5) is 4.39 Å². The Balaban J connectivity index is 1.93. The van der Waals surface area contributed by atoms with Crippen LogP contribution in [0.15, 0.2) is 48.5 Å². The van der Waals surface area contributed by atoms with E-state index in [0.717, 1.165) is 43.2 Å². The Kier molecular flexibility index (Phi) is 3.97. The highest BCUT2D eigenvalue weighted by atomic mass is 19.1. The number of hydrogen-bond acceptors (Lipinski definition) is 1. The number of rotatable bonds is 4. The zero-order valence-electron chi connectivity index (χ0n) is 12.8. The van der Waals surface area contributed by atoms with Gasteiger partial charge in [0.1, 0.15) is 5.82 Å². The molecular weight excluding hydrogens is 277 g/mol. The summed E-state index contributed by atoms with van der Waals surface area (Å²) in [7, 11) is 1.87. The Bertz CT molecular complexity index is 642. The van der Waals surface area contributed by atoms with Crippen LogP contribution < -0.4 is 0 Å². The van der Waals surface area contributed by atoms with Gasteiger partial charge >= 0.3 is 0 Å². The Hall–Kier alpha value is -2.16. The lowest BCUT2D eigenvalue weighted by Gasteiger charge is -2.37. The number of hydrogen-bond donors (Lipinski definition) is 0. The molecule has 0 bridgehead atoms. The molecule has 2 aromatic carbocycles. The summed E-state index contributed by atoms with van der Waals surface area (Å²) in [5.41, 5.74) is 3.08. The lowest BCUT2D eigenvalue weighted by atomic mass is 9.86. The minimum absolute atomic E-state index is 0.164. The zero-order valence-corrected chi connectivity index (χ0v) is 12.8. The van der Waals surface area contributed by atoms with Gasteiger partial charge in [0, 0.05) is 7.05 Å². The third kappa shape index (κ3) is 2.52. The fourth-order valence-corrected chi connectivity index (χ4v) is 3.52. The van der Waals surface area contributed by atoms with Crippen LogP contribution in [0, 0.1) is 5.82 Å². The first-order valence-electron chi connectivity index (χ1n) is 7.70. The second kappa shape index (κ2) is 5.91. The molecule has 0 heterocycles. The standard InChI is InChI=1S/C19H20FNO/c1-21(14-22)19(12-2-3-13-19)17-8-4-15(5-9-17)16-6-10-18(20)11-7-16/h4-11,14H,2-3,12-13H2,1H3. The van der Waals surface area contributed by atoms with Gasteiger partial charge in [-0.3, -0.25) is 4.79 Å². The third-order valence-corrected chi connectivity index (χ3v) is 4.86. The minimum Gasteiger partial charge on any atom is -0.339 e. The first kappa shape index (κ1) is 14.8. The number of benzene rings is 2. The Morgan fingerprint density at radius 2 is 1.45 bits per heavy atom. The van der Waals surface area contributed by atoms with E-state index in [1.165, 1.54) is 17.7 Å². The van der Waals surface area contributed by atoms with E-state index in [2.05, 4.69) is 24.3 Å². The van der Waals surface area contributed by atoms with Crippen molar-refractivity contribution < 1.29 is 9.18 Å². The maximum Gasteiger partial charge on any atom is 0.210 e. The van der Waals surface area contributed by atoms with Crippen molar-refractivity contribution in [1.82, 2.24) is 4.90 Å². The minimum atomic E-state index is -0.224. The molecule has 0 unspecified atom stereocenters. The zero-order chi connectivity index (χ0) is 15.6. The highest BCUT2D eigenvalue weighted by Crippen LogP contribution is 2.43. The molecule has 0 atom stereocenters.